The maximum atomic E-state index is 13.2. The van der Waals surface area contributed by atoms with E-state index in [1.807, 2.05) is 5.43 Å². The minimum Gasteiger partial charge on any atom is -0.486 e. The summed E-state index contributed by atoms with van der Waals surface area (Å²) < 4.78 is 24.5. The first-order valence-corrected chi connectivity index (χ1v) is 6.48. The zero-order chi connectivity index (χ0) is 14.7. The first kappa shape index (κ1) is 14.5. The van der Waals surface area contributed by atoms with Gasteiger partial charge in [0.25, 0.3) is 5.91 Å². The minimum atomic E-state index is -0.439. The number of carbonyl (C=O) groups excluding carboxylic acids is 1. The standard InChI is InChI=1S/C13H12BrFN2O3/c1-7-12(13(18)17-16)5-11(20-7)6-19-10-3-8(14)2-9(15)4-10/h2-5H,6,16H2,1H3,(H,17,18). The van der Waals surface area contributed by atoms with E-state index in [0.717, 1.165) is 0 Å². The third-order valence-corrected chi connectivity index (χ3v) is 3.02. The molecule has 0 saturated carbocycles. The zero-order valence-electron chi connectivity index (χ0n) is 10.6. The first-order chi connectivity index (χ1) is 9.49. The van der Waals surface area contributed by atoms with Crippen LogP contribution in [0.3, 0.4) is 0 Å². The number of rotatable bonds is 4. The van der Waals surface area contributed by atoms with E-state index in [0.29, 0.717) is 27.3 Å². The molecule has 1 amide bonds. The Morgan fingerprint density at radius 1 is 1.45 bits per heavy atom. The molecule has 5 nitrogen and oxygen atoms in total. The second-order valence-corrected chi connectivity index (χ2v) is 4.97. The van der Waals surface area contributed by atoms with Crippen LogP contribution in [0.5, 0.6) is 5.75 Å². The quantitative estimate of drug-likeness (QED) is 0.508. The van der Waals surface area contributed by atoms with E-state index in [9.17, 15) is 9.18 Å². The Kier molecular flexibility index (Phi) is 4.41. The van der Waals surface area contributed by atoms with Gasteiger partial charge >= 0.3 is 0 Å². The molecule has 2 aromatic rings. The summed E-state index contributed by atoms with van der Waals surface area (Å²) in [5, 5.41) is 0. The molecule has 0 bridgehead atoms. The summed E-state index contributed by atoms with van der Waals surface area (Å²) in [4.78, 5) is 11.4. The van der Waals surface area contributed by atoms with Crippen molar-refractivity contribution >= 4 is 21.8 Å². The number of carbonyl (C=O) groups is 1. The summed E-state index contributed by atoms with van der Waals surface area (Å²) >= 11 is 3.17. The van der Waals surface area contributed by atoms with Crippen molar-refractivity contribution in [3.05, 3.63) is 51.6 Å². The van der Waals surface area contributed by atoms with Crippen molar-refractivity contribution < 1.29 is 18.3 Å². The number of aryl methyl sites for hydroxylation is 1. The number of nitrogens with one attached hydrogen (secondary N) is 1. The molecule has 0 atom stereocenters. The highest BCUT2D eigenvalue weighted by atomic mass is 79.9. The van der Waals surface area contributed by atoms with E-state index in [-0.39, 0.29) is 6.61 Å². The predicted molar refractivity (Wildman–Crippen MR) is 73.5 cm³/mol. The van der Waals surface area contributed by atoms with Gasteiger partial charge in [-0.3, -0.25) is 10.2 Å². The monoisotopic (exact) mass is 342 g/mol. The van der Waals surface area contributed by atoms with Crippen molar-refractivity contribution in [2.24, 2.45) is 5.84 Å². The molecule has 0 aliphatic heterocycles. The summed E-state index contributed by atoms with van der Waals surface area (Å²) in [5.41, 5.74) is 2.37. The Balaban J connectivity index is 2.09. The predicted octanol–water partition coefficient (Wildman–Crippen LogP) is 2.67. The van der Waals surface area contributed by atoms with Gasteiger partial charge in [-0.1, -0.05) is 15.9 Å². The van der Waals surface area contributed by atoms with E-state index in [2.05, 4.69) is 15.9 Å². The third-order valence-electron chi connectivity index (χ3n) is 2.56. The minimum absolute atomic E-state index is 0.0780. The lowest BCUT2D eigenvalue weighted by molar-refractivity contribution is 0.0952. The van der Waals surface area contributed by atoms with Gasteiger partial charge < -0.3 is 9.15 Å². The molecule has 1 aromatic heterocycles. The van der Waals surface area contributed by atoms with Crippen molar-refractivity contribution in [2.75, 3.05) is 0 Å². The van der Waals surface area contributed by atoms with Crippen LogP contribution in [0.15, 0.2) is 33.2 Å². The lowest BCUT2D eigenvalue weighted by Crippen LogP contribution is -2.30. The molecule has 2 rings (SSSR count). The second kappa shape index (κ2) is 6.06. The third kappa shape index (κ3) is 3.37. The Morgan fingerprint density at radius 2 is 2.20 bits per heavy atom. The molecule has 0 aliphatic carbocycles. The molecule has 7 heteroatoms. The van der Waals surface area contributed by atoms with Crippen molar-refractivity contribution in [3.8, 4) is 5.75 Å². The molecule has 0 unspecified atom stereocenters. The number of amides is 1. The highest BCUT2D eigenvalue weighted by Crippen LogP contribution is 2.22. The molecule has 0 fully saturated rings. The normalized spacial score (nSPS) is 10.4. The van der Waals surface area contributed by atoms with Crippen LogP contribution in [0, 0.1) is 12.7 Å². The molecule has 1 aromatic carbocycles. The van der Waals surface area contributed by atoms with E-state index >= 15 is 0 Å². The lowest BCUT2D eigenvalue weighted by Gasteiger charge is -2.04. The number of nitrogen functional groups attached to an aromatic ring is 1. The molecule has 106 valence electrons. The van der Waals surface area contributed by atoms with Crippen LogP contribution in [-0.4, -0.2) is 5.91 Å². The van der Waals surface area contributed by atoms with Gasteiger partial charge in [0.2, 0.25) is 0 Å². The van der Waals surface area contributed by atoms with E-state index in [1.54, 1.807) is 13.0 Å². The summed E-state index contributed by atoms with van der Waals surface area (Å²) in [7, 11) is 0. The molecule has 0 aliphatic rings. The topological polar surface area (TPSA) is 77.5 Å². The highest BCUT2D eigenvalue weighted by molar-refractivity contribution is 9.10. The highest BCUT2D eigenvalue weighted by Gasteiger charge is 2.14. The Bertz CT molecular complexity index is 622. The molecular formula is C13H12BrFN2O3. The molecule has 0 saturated heterocycles. The summed E-state index contributed by atoms with van der Waals surface area (Å²) in [6.45, 7) is 1.72. The fourth-order valence-corrected chi connectivity index (χ4v) is 2.13. The van der Waals surface area contributed by atoms with Gasteiger partial charge in [0.05, 0.1) is 5.56 Å². The van der Waals surface area contributed by atoms with Crippen LogP contribution >= 0.6 is 15.9 Å². The molecule has 0 radical (unpaired) electrons. The maximum absolute atomic E-state index is 13.2. The van der Waals surface area contributed by atoms with Gasteiger partial charge in [-0.25, -0.2) is 10.2 Å². The van der Waals surface area contributed by atoms with Crippen molar-refractivity contribution in [1.82, 2.24) is 5.43 Å². The number of ether oxygens (including phenoxy) is 1. The van der Waals surface area contributed by atoms with Crippen LogP contribution in [-0.2, 0) is 6.61 Å². The summed E-state index contributed by atoms with van der Waals surface area (Å²) in [6.07, 6.45) is 0. The Morgan fingerprint density at radius 3 is 2.85 bits per heavy atom. The molecule has 1 heterocycles. The summed E-state index contributed by atoms with van der Waals surface area (Å²) in [5.74, 6) is 5.45. The number of benzene rings is 1. The van der Waals surface area contributed by atoms with E-state index in [4.69, 9.17) is 15.0 Å². The Hall–Kier alpha value is -1.86. The number of halogens is 2. The molecule has 20 heavy (non-hydrogen) atoms. The first-order valence-electron chi connectivity index (χ1n) is 5.68. The fourth-order valence-electron chi connectivity index (χ4n) is 1.68. The van der Waals surface area contributed by atoms with Gasteiger partial charge in [0.1, 0.15) is 29.7 Å². The largest absolute Gasteiger partial charge is 0.486 e. The zero-order valence-corrected chi connectivity index (χ0v) is 12.2. The fraction of sp³-hybridized carbons (Fsp3) is 0.154. The molecule has 0 spiro atoms. The van der Waals surface area contributed by atoms with E-state index < -0.39 is 11.7 Å². The second-order valence-electron chi connectivity index (χ2n) is 4.05. The maximum Gasteiger partial charge on any atom is 0.268 e. The number of hydrogen-bond acceptors (Lipinski definition) is 4. The smallest absolute Gasteiger partial charge is 0.268 e. The average molecular weight is 343 g/mol. The Labute approximate surface area is 123 Å². The summed E-state index contributed by atoms with van der Waals surface area (Å²) in [6, 6.07) is 5.75. The van der Waals surface area contributed by atoms with Crippen LogP contribution < -0.4 is 16.0 Å². The van der Waals surface area contributed by atoms with Gasteiger partial charge in [-0.2, -0.15) is 0 Å². The van der Waals surface area contributed by atoms with Crippen molar-refractivity contribution in [2.45, 2.75) is 13.5 Å². The number of hydrazine groups is 1. The van der Waals surface area contributed by atoms with E-state index in [1.165, 1.54) is 18.2 Å². The van der Waals surface area contributed by atoms with Gasteiger partial charge in [0, 0.05) is 10.5 Å². The van der Waals surface area contributed by atoms with Crippen molar-refractivity contribution in [1.29, 1.82) is 0 Å². The van der Waals surface area contributed by atoms with Gasteiger partial charge in [0.15, 0.2) is 0 Å². The average Bonchev–Trinajstić information content (AvgIpc) is 2.76. The van der Waals surface area contributed by atoms with Gasteiger partial charge in [-0.05, 0) is 25.1 Å². The number of furan rings is 1. The SMILES string of the molecule is Cc1oc(COc2cc(F)cc(Br)c2)cc1C(=O)NN. The van der Waals surface area contributed by atoms with Crippen molar-refractivity contribution in [3.63, 3.8) is 0 Å². The lowest BCUT2D eigenvalue weighted by atomic mass is 10.2. The van der Waals surface area contributed by atoms with Gasteiger partial charge in [-0.15, -0.1) is 0 Å². The number of nitrogens with two attached hydrogens (primary N) is 1. The molecule has 3 N–H and O–H groups in total. The number of hydrogen-bond donors (Lipinski definition) is 2. The van der Waals surface area contributed by atoms with Crippen LogP contribution in [0.1, 0.15) is 21.9 Å². The molecular weight excluding hydrogens is 331 g/mol. The van der Waals surface area contributed by atoms with Crippen LogP contribution in [0.2, 0.25) is 0 Å². The van der Waals surface area contributed by atoms with Crippen LogP contribution in [0.25, 0.3) is 0 Å². The van der Waals surface area contributed by atoms with Crippen LogP contribution in [0.4, 0.5) is 4.39 Å².